The number of nitrogens with zero attached hydrogens (tertiary/aromatic N) is 2. The minimum Gasteiger partial charge on any atom is -0.367 e. The molecule has 1 heterocycles. The summed E-state index contributed by atoms with van der Waals surface area (Å²) in [4.78, 5) is 15.7. The molecule has 1 aliphatic rings. The van der Waals surface area contributed by atoms with E-state index in [9.17, 15) is 9.18 Å². The van der Waals surface area contributed by atoms with E-state index in [1.165, 1.54) is 17.7 Å². The highest BCUT2D eigenvalue weighted by Crippen LogP contribution is 2.17. The Morgan fingerprint density at radius 3 is 2.19 bits per heavy atom. The molecule has 2 aromatic rings. The molecular weight excluding hydrogens is 346 g/mol. The second-order valence-electron chi connectivity index (χ2n) is 6.26. The van der Waals surface area contributed by atoms with Crippen molar-refractivity contribution in [1.82, 2.24) is 4.90 Å². The average molecular weight is 374 g/mol. The van der Waals surface area contributed by atoms with Crippen molar-refractivity contribution in [1.29, 1.82) is 0 Å². The van der Waals surface area contributed by atoms with Gasteiger partial charge >= 0.3 is 0 Å². The topological polar surface area (TPSA) is 23.6 Å². The van der Waals surface area contributed by atoms with E-state index < -0.39 is 0 Å². The number of rotatable bonds is 3. The number of amides is 1. The van der Waals surface area contributed by atoms with Crippen LogP contribution in [0.3, 0.4) is 0 Å². The molecule has 3 nitrogen and oxygen atoms in total. The Balaban J connectivity index is 0.000000254. The lowest BCUT2D eigenvalue weighted by atomic mass is 10.2. The van der Waals surface area contributed by atoms with Crippen LogP contribution in [-0.4, -0.2) is 37.0 Å². The van der Waals surface area contributed by atoms with Gasteiger partial charge in [-0.2, -0.15) is 0 Å². The van der Waals surface area contributed by atoms with Crippen molar-refractivity contribution < 1.29 is 9.18 Å². The number of piperazine rings is 1. The zero-order valence-electron chi connectivity index (χ0n) is 15.6. The highest BCUT2D eigenvalue weighted by Gasteiger charge is 2.20. The van der Waals surface area contributed by atoms with E-state index in [0.717, 1.165) is 43.6 Å². The van der Waals surface area contributed by atoms with Crippen molar-refractivity contribution >= 4 is 26.1 Å². The Bertz CT molecular complexity index is 700. The van der Waals surface area contributed by atoms with Gasteiger partial charge in [0.15, 0.2) is 0 Å². The summed E-state index contributed by atoms with van der Waals surface area (Å²) in [5.74, 6) is -0.0107. The average Bonchev–Trinajstić information content (AvgIpc) is 2.69. The van der Waals surface area contributed by atoms with Crippen LogP contribution in [0.25, 0.3) is 0 Å². The zero-order valence-corrected chi connectivity index (χ0v) is 16.8. The van der Waals surface area contributed by atoms with Crippen molar-refractivity contribution in [2.75, 3.05) is 31.1 Å². The van der Waals surface area contributed by atoms with E-state index in [-0.39, 0.29) is 11.7 Å². The number of hydrogen-bond acceptors (Lipinski definition) is 2. The molecule has 3 rings (SSSR count). The first-order chi connectivity index (χ1) is 12.5. The Hall–Kier alpha value is -1.93. The highest BCUT2D eigenvalue weighted by atomic mass is 31.0. The predicted molar refractivity (Wildman–Crippen MR) is 111 cm³/mol. The Morgan fingerprint density at radius 1 is 1.04 bits per heavy atom. The molecule has 0 aromatic heterocycles. The van der Waals surface area contributed by atoms with Crippen molar-refractivity contribution in [2.24, 2.45) is 0 Å². The Morgan fingerprint density at radius 2 is 1.69 bits per heavy atom. The molecule has 0 bridgehead atoms. The number of hydrogen-bond donors (Lipinski definition) is 0. The van der Waals surface area contributed by atoms with Gasteiger partial charge < -0.3 is 9.80 Å². The summed E-state index contributed by atoms with van der Waals surface area (Å²) < 4.78 is 13.0. The van der Waals surface area contributed by atoms with Crippen molar-refractivity contribution in [3.63, 3.8) is 0 Å². The van der Waals surface area contributed by atoms with Crippen LogP contribution < -0.4 is 10.2 Å². The molecule has 0 saturated carbocycles. The molecule has 0 N–H and O–H groups in total. The molecule has 1 saturated heterocycles. The number of benzene rings is 2. The molecule has 2 aromatic carbocycles. The molecular formula is C21H28FN2OP. The molecule has 1 fully saturated rings. The molecule has 1 aliphatic heterocycles. The number of carbonyl (C=O) groups excluding carboxylic acids is 1. The van der Waals surface area contributed by atoms with E-state index in [1.54, 1.807) is 6.07 Å². The second kappa shape index (κ2) is 10.3. The maximum Gasteiger partial charge on any atom is 0.222 e. The lowest BCUT2D eigenvalue weighted by Crippen LogP contribution is -2.49. The van der Waals surface area contributed by atoms with Crippen molar-refractivity contribution in [3.05, 3.63) is 59.9 Å². The van der Waals surface area contributed by atoms with Crippen LogP contribution >= 0.6 is 9.24 Å². The van der Waals surface area contributed by atoms with Gasteiger partial charge in [0.2, 0.25) is 5.91 Å². The summed E-state index contributed by atoms with van der Waals surface area (Å²) in [5, 5.41) is 0.866. The predicted octanol–water partition coefficient (Wildman–Crippen LogP) is 3.63. The molecule has 0 aliphatic carbocycles. The zero-order chi connectivity index (χ0) is 18.9. The maximum absolute atomic E-state index is 13.0. The largest absolute Gasteiger partial charge is 0.367 e. The second-order valence-corrected chi connectivity index (χ2v) is 6.89. The summed E-state index contributed by atoms with van der Waals surface area (Å²) in [6.07, 6.45) is 1.70. The first-order valence-corrected chi connectivity index (χ1v) is 9.74. The third kappa shape index (κ3) is 5.81. The van der Waals surface area contributed by atoms with E-state index in [0.29, 0.717) is 6.42 Å². The monoisotopic (exact) mass is 374 g/mol. The van der Waals surface area contributed by atoms with Crippen molar-refractivity contribution in [2.45, 2.75) is 26.7 Å². The van der Waals surface area contributed by atoms with Gasteiger partial charge in [0.05, 0.1) is 0 Å². The summed E-state index contributed by atoms with van der Waals surface area (Å²) in [6.45, 7) is 7.14. The smallest absolute Gasteiger partial charge is 0.222 e. The summed E-state index contributed by atoms with van der Waals surface area (Å²) in [7, 11) is 2.57. The van der Waals surface area contributed by atoms with Gasteiger partial charge in [0, 0.05) is 38.3 Å². The molecule has 26 heavy (non-hydrogen) atoms. The fourth-order valence-corrected chi connectivity index (χ4v) is 3.39. The van der Waals surface area contributed by atoms with Crippen LogP contribution in [0.1, 0.15) is 25.8 Å². The third-order valence-corrected chi connectivity index (χ3v) is 4.98. The fraction of sp³-hybridized carbons (Fsp3) is 0.381. The first kappa shape index (κ1) is 20.4. The summed E-state index contributed by atoms with van der Waals surface area (Å²) >= 11 is 0. The third-order valence-electron chi connectivity index (χ3n) is 4.52. The van der Waals surface area contributed by atoms with E-state index in [4.69, 9.17) is 0 Å². The fourth-order valence-electron chi connectivity index (χ4n) is 2.95. The van der Waals surface area contributed by atoms with Gasteiger partial charge in [0.25, 0.3) is 0 Å². The Kier molecular flexibility index (Phi) is 8.06. The van der Waals surface area contributed by atoms with Gasteiger partial charge in [0.1, 0.15) is 5.82 Å². The maximum atomic E-state index is 13.0. The number of aryl methyl sites for hydroxylation is 1. The van der Waals surface area contributed by atoms with E-state index >= 15 is 0 Å². The summed E-state index contributed by atoms with van der Waals surface area (Å²) in [6, 6.07) is 15.3. The van der Waals surface area contributed by atoms with Gasteiger partial charge in [-0.1, -0.05) is 44.2 Å². The van der Waals surface area contributed by atoms with Crippen LogP contribution in [-0.2, 0) is 11.2 Å². The van der Waals surface area contributed by atoms with Crippen LogP contribution in [0.5, 0.6) is 0 Å². The number of halogens is 1. The molecule has 140 valence electrons. The van der Waals surface area contributed by atoms with Crippen LogP contribution in [0.4, 0.5) is 10.1 Å². The first-order valence-electron chi connectivity index (χ1n) is 9.16. The standard InChI is InChI=1S/C13H18FN2OP.C8H10/c1-2-13(17)16-7-5-15(6-8-16)11-4-3-10(14)9-12(11)18;1-2-8-6-4-3-5-7-8/h3-4,9H,2,5-8,18H2,1H3;3-7H,2H2,1H3. The van der Waals surface area contributed by atoms with Gasteiger partial charge in [-0.05, 0) is 35.5 Å². The van der Waals surface area contributed by atoms with Gasteiger partial charge in [-0.15, -0.1) is 9.24 Å². The molecule has 1 unspecified atom stereocenters. The normalized spacial score (nSPS) is 13.8. The summed E-state index contributed by atoms with van der Waals surface area (Å²) in [5.41, 5.74) is 2.44. The molecule has 1 amide bonds. The van der Waals surface area contributed by atoms with E-state index in [2.05, 4.69) is 45.3 Å². The van der Waals surface area contributed by atoms with Crippen LogP contribution in [0, 0.1) is 5.82 Å². The lowest BCUT2D eigenvalue weighted by molar-refractivity contribution is -0.131. The van der Waals surface area contributed by atoms with Gasteiger partial charge in [-0.25, -0.2) is 4.39 Å². The van der Waals surface area contributed by atoms with Gasteiger partial charge in [-0.3, -0.25) is 4.79 Å². The van der Waals surface area contributed by atoms with Crippen LogP contribution in [0.15, 0.2) is 48.5 Å². The highest BCUT2D eigenvalue weighted by molar-refractivity contribution is 7.28. The molecule has 0 spiro atoms. The minimum absolute atomic E-state index is 0.208. The minimum atomic E-state index is -0.219. The molecule has 0 radical (unpaired) electrons. The molecule has 5 heteroatoms. The number of carbonyl (C=O) groups is 1. The quantitative estimate of drug-likeness (QED) is 0.766. The number of anilines is 1. The van der Waals surface area contributed by atoms with Crippen LogP contribution in [0.2, 0.25) is 0 Å². The SMILES string of the molecule is CCC(=O)N1CCN(c2ccc(F)cc2P)CC1.CCc1ccccc1. The van der Waals surface area contributed by atoms with E-state index in [1.807, 2.05) is 17.9 Å². The lowest BCUT2D eigenvalue weighted by Gasteiger charge is -2.36. The Labute approximate surface area is 158 Å². The molecule has 1 atom stereocenters. The van der Waals surface area contributed by atoms with Crippen molar-refractivity contribution in [3.8, 4) is 0 Å².